The van der Waals surface area contributed by atoms with Crippen LogP contribution in [0.2, 0.25) is 0 Å². The van der Waals surface area contributed by atoms with Crippen molar-refractivity contribution >= 4 is 0 Å². The van der Waals surface area contributed by atoms with Crippen LogP contribution in [0, 0.1) is 13.8 Å². The number of aliphatic hydroxyl groups is 1. The molecule has 1 aliphatic heterocycles. The molecule has 0 bridgehead atoms. The molecule has 2 heterocycles. The SMILES string of the molecule is Cc1ccc(C(O)CN2CCn3ccnc3C2)cc1C. The summed E-state index contributed by atoms with van der Waals surface area (Å²) >= 11 is 0. The lowest BCUT2D eigenvalue weighted by Gasteiger charge is -2.29. The molecule has 1 aromatic heterocycles. The molecule has 2 aromatic rings. The van der Waals surface area contributed by atoms with Crippen LogP contribution in [0.25, 0.3) is 0 Å². The highest BCUT2D eigenvalue weighted by Gasteiger charge is 2.20. The Morgan fingerprint density at radius 1 is 1.25 bits per heavy atom. The predicted molar refractivity (Wildman–Crippen MR) is 78.4 cm³/mol. The highest BCUT2D eigenvalue weighted by Crippen LogP contribution is 2.20. The first-order chi connectivity index (χ1) is 9.63. The van der Waals surface area contributed by atoms with E-state index < -0.39 is 6.10 Å². The average Bonchev–Trinajstić information content (AvgIpc) is 2.89. The van der Waals surface area contributed by atoms with Crippen LogP contribution in [0.5, 0.6) is 0 Å². The highest BCUT2D eigenvalue weighted by atomic mass is 16.3. The van der Waals surface area contributed by atoms with Crippen molar-refractivity contribution in [1.29, 1.82) is 0 Å². The van der Waals surface area contributed by atoms with Gasteiger partial charge in [-0.1, -0.05) is 18.2 Å². The van der Waals surface area contributed by atoms with Gasteiger partial charge in [0.15, 0.2) is 0 Å². The lowest BCUT2D eigenvalue weighted by Crippen LogP contribution is -2.36. The fraction of sp³-hybridized carbons (Fsp3) is 0.438. The largest absolute Gasteiger partial charge is 0.387 e. The Kier molecular flexibility index (Phi) is 3.59. The van der Waals surface area contributed by atoms with E-state index >= 15 is 0 Å². The van der Waals surface area contributed by atoms with Gasteiger partial charge in [-0.3, -0.25) is 4.90 Å². The van der Waals surface area contributed by atoms with Gasteiger partial charge in [-0.25, -0.2) is 4.98 Å². The number of aryl methyl sites for hydroxylation is 2. The van der Waals surface area contributed by atoms with E-state index in [4.69, 9.17) is 0 Å². The Hall–Kier alpha value is -1.65. The smallest absolute Gasteiger partial charge is 0.122 e. The van der Waals surface area contributed by atoms with Crippen molar-refractivity contribution in [3.63, 3.8) is 0 Å². The van der Waals surface area contributed by atoms with E-state index in [0.29, 0.717) is 6.54 Å². The molecular weight excluding hydrogens is 250 g/mol. The summed E-state index contributed by atoms with van der Waals surface area (Å²) in [5, 5.41) is 10.4. The van der Waals surface area contributed by atoms with Gasteiger partial charge in [0, 0.05) is 32.0 Å². The Morgan fingerprint density at radius 2 is 2.10 bits per heavy atom. The zero-order chi connectivity index (χ0) is 14.1. The number of aliphatic hydroxyl groups excluding tert-OH is 1. The third kappa shape index (κ3) is 2.62. The number of rotatable bonds is 3. The van der Waals surface area contributed by atoms with Gasteiger partial charge in [0.2, 0.25) is 0 Å². The fourth-order valence-electron chi connectivity index (χ4n) is 2.70. The summed E-state index contributed by atoms with van der Waals surface area (Å²) in [7, 11) is 0. The van der Waals surface area contributed by atoms with Crippen molar-refractivity contribution in [2.45, 2.75) is 33.0 Å². The molecule has 4 heteroatoms. The minimum Gasteiger partial charge on any atom is -0.387 e. The van der Waals surface area contributed by atoms with Crippen LogP contribution in [0.1, 0.15) is 28.6 Å². The van der Waals surface area contributed by atoms with Gasteiger partial charge < -0.3 is 9.67 Å². The molecule has 0 aliphatic carbocycles. The van der Waals surface area contributed by atoms with Gasteiger partial charge in [0.1, 0.15) is 5.82 Å². The number of aromatic nitrogens is 2. The molecule has 106 valence electrons. The number of benzene rings is 1. The molecule has 1 N–H and O–H groups in total. The molecule has 1 aliphatic rings. The van der Waals surface area contributed by atoms with Crippen LogP contribution in [0.3, 0.4) is 0 Å². The van der Waals surface area contributed by atoms with E-state index in [1.807, 2.05) is 18.5 Å². The number of β-amino-alcohol motifs (C(OH)–C–C–N with tert-alkyl or cyclic N) is 1. The summed E-state index contributed by atoms with van der Waals surface area (Å²) < 4.78 is 2.18. The number of hydrogen-bond acceptors (Lipinski definition) is 3. The Morgan fingerprint density at radius 3 is 2.90 bits per heavy atom. The zero-order valence-electron chi connectivity index (χ0n) is 12.1. The van der Waals surface area contributed by atoms with Crippen molar-refractivity contribution in [3.05, 3.63) is 53.1 Å². The maximum atomic E-state index is 10.4. The summed E-state index contributed by atoms with van der Waals surface area (Å²) in [5.41, 5.74) is 3.50. The van der Waals surface area contributed by atoms with Crippen LogP contribution in [0.4, 0.5) is 0 Å². The lowest BCUT2D eigenvalue weighted by molar-refractivity contribution is 0.0962. The summed E-state index contributed by atoms with van der Waals surface area (Å²) in [6.07, 6.45) is 3.43. The summed E-state index contributed by atoms with van der Waals surface area (Å²) in [4.78, 5) is 6.62. The molecule has 0 saturated carbocycles. The second-order valence-electron chi connectivity index (χ2n) is 5.63. The molecule has 0 amide bonds. The first-order valence-corrected chi connectivity index (χ1v) is 7.11. The van der Waals surface area contributed by atoms with E-state index in [1.54, 1.807) is 0 Å². The molecule has 20 heavy (non-hydrogen) atoms. The van der Waals surface area contributed by atoms with Crippen LogP contribution >= 0.6 is 0 Å². The maximum absolute atomic E-state index is 10.4. The minimum absolute atomic E-state index is 0.434. The minimum atomic E-state index is -0.434. The lowest BCUT2D eigenvalue weighted by atomic mass is 10.0. The third-order valence-electron chi connectivity index (χ3n) is 4.17. The van der Waals surface area contributed by atoms with Gasteiger partial charge in [-0.05, 0) is 30.5 Å². The monoisotopic (exact) mass is 271 g/mol. The Labute approximate surface area is 119 Å². The first-order valence-electron chi connectivity index (χ1n) is 7.11. The zero-order valence-corrected chi connectivity index (χ0v) is 12.1. The first kappa shape index (κ1) is 13.3. The van der Waals surface area contributed by atoms with Gasteiger partial charge in [-0.2, -0.15) is 0 Å². The van der Waals surface area contributed by atoms with Gasteiger partial charge in [-0.15, -0.1) is 0 Å². The average molecular weight is 271 g/mol. The summed E-state index contributed by atoms with van der Waals surface area (Å²) in [5.74, 6) is 1.09. The molecule has 1 unspecified atom stereocenters. The molecule has 0 saturated heterocycles. The van der Waals surface area contributed by atoms with Gasteiger partial charge in [0.25, 0.3) is 0 Å². The van der Waals surface area contributed by atoms with Crippen LogP contribution in [-0.4, -0.2) is 32.6 Å². The van der Waals surface area contributed by atoms with Gasteiger partial charge >= 0.3 is 0 Å². The van der Waals surface area contributed by atoms with Crippen molar-refractivity contribution in [3.8, 4) is 0 Å². The molecule has 3 rings (SSSR count). The van der Waals surface area contributed by atoms with E-state index in [-0.39, 0.29) is 0 Å². The summed E-state index contributed by atoms with van der Waals surface area (Å²) in [6.45, 7) is 7.57. The van der Waals surface area contributed by atoms with Crippen LogP contribution in [-0.2, 0) is 13.1 Å². The van der Waals surface area contributed by atoms with E-state index in [2.05, 4.69) is 40.4 Å². The molecule has 1 atom stereocenters. The van der Waals surface area contributed by atoms with Crippen molar-refractivity contribution in [2.75, 3.05) is 13.1 Å². The number of fused-ring (bicyclic) bond motifs is 1. The standard InChI is InChI=1S/C16H21N3O/c1-12-3-4-14(9-13(12)2)15(20)10-18-7-8-19-6-5-17-16(19)11-18/h3-6,9,15,20H,7-8,10-11H2,1-2H3. The van der Waals surface area contributed by atoms with E-state index in [9.17, 15) is 5.11 Å². The normalized spacial score (nSPS) is 16.9. The molecule has 0 fully saturated rings. The van der Waals surface area contributed by atoms with Crippen molar-refractivity contribution < 1.29 is 5.11 Å². The van der Waals surface area contributed by atoms with E-state index in [1.165, 1.54) is 11.1 Å². The second kappa shape index (κ2) is 5.38. The number of hydrogen-bond donors (Lipinski definition) is 1. The maximum Gasteiger partial charge on any atom is 0.122 e. The molecular formula is C16H21N3O. The highest BCUT2D eigenvalue weighted by molar-refractivity contribution is 5.31. The molecule has 0 spiro atoms. The number of imidazole rings is 1. The quantitative estimate of drug-likeness (QED) is 0.929. The second-order valence-corrected chi connectivity index (χ2v) is 5.63. The topological polar surface area (TPSA) is 41.3 Å². The van der Waals surface area contributed by atoms with Crippen molar-refractivity contribution in [1.82, 2.24) is 14.5 Å². The van der Waals surface area contributed by atoms with E-state index in [0.717, 1.165) is 31.0 Å². The third-order valence-corrected chi connectivity index (χ3v) is 4.17. The Balaban J connectivity index is 1.67. The van der Waals surface area contributed by atoms with Gasteiger partial charge in [0.05, 0.1) is 12.6 Å². The van der Waals surface area contributed by atoms with Crippen LogP contribution < -0.4 is 0 Å². The van der Waals surface area contributed by atoms with Crippen LogP contribution in [0.15, 0.2) is 30.6 Å². The molecule has 1 aromatic carbocycles. The summed E-state index contributed by atoms with van der Waals surface area (Å²) in [6, 6.07) is 6.19. The molecule has 4 nitrogen and oxygen atoms in total. The predicted octanol–water partition coefficient (Wildman–Crippen LogP) is 2.05. The Bertz CT molecular complexity index is 606. The fourth-order valence-corrected chi connectivity index (χ4v) is 2.70. The molecule has 0 radical (unpaired) electrons. The number of nitrogens with zero attached hydrogens (tertiary/aromatic N) is 3. The van der Waals surface area contributed by atoms with Crippen molar-refractivity contribution in [2.24, 2.45) is 0 Å².